The first-order valence-corrected chi connectivity index (χ1v) is 9.97. The maximum absolute atomic E-state index is 12.6. The van der Waals surface area contributed by atoms with Crippen molar-refractivity contribution >= 4 is 29.2 Å². The molecule has 2 aromatic rings. The zero-order valence-electron chi connectivity index (χ0n) is 15.3. The predicted molar refractivity (Wildman–Crippen MR) is 109 cm³/mol. The Kier molecular flexibility index (Phi) is 5.52. The van der Waals surface area contributed by atoms with Crippen LogP contribution in [0.15, 0.2) is 52.5 Å². The number of anilines is 1. The van der Waals surface area contributed by atoms with Crippen LogP contribution < -0.4 is 11.1 Å². The second-order valence-corrected chi connectivity index (χ2v) is 7.16. The van der Waals surface area contributed by atoms with Crippen LogP contribution in [0.2, 0.25) is 0 Å². The minimum Gasteiger partial charge on any atom is -0.399 e. The molecule has 1 aliphatic heterocycles. The summed E-state index contributed by atoms with van der Waals surface area (Å²) in [6, 6.07) is 13.6. The van der Waals surface area contributed by atoms with Gasteiger partial charge in [0.1, 0.15) is 0 Å². The number of nitrogens with zero attached hydrogens (tertiary/aromatic N) is 2. The molecule has 0 fully saturated rings. The highest BCUT2D eigenvalue weighted by Gasteiger charge is 2.30. The highest BCUT2D eigenvalue weighted by atomic mass is 32.2. The SMILES string of the molecule is CCCNC(=O)N1N=C(c2ccc(N)cc2)c2cc(SC)ccc2C1C. The molecule has 0 saturated heterocycles. The van der Waals surface area contributed by atoms with Crippen LogP contribution in [0.3, 0.4) is 0 Å². The van der Waals surface area contributed by atoms with Gasteiger partial charge >= 0.3 is 6.03 Å². The third kappa shape index (κ3) is 3.55. The van der Waals surface area contributed by atoms with Gasteiger partial charge in [0.05, 0.1) is 11.8 Å². The lowest BCUT2D eigenvalue weighted by molar-refractivity contribution is 0.181. The summed E-state index contributed by atoms with van der Waals surface area (Å²) in [6.07, 6.45) is 2.94. The summed E-state index contributed by atoms with van der Waals surface area (Å²) in [5.74, 6) is 0. The predicted octanol–water partition coefficient (Wildman–Crippen LogP) is 4.24. The van der Waals surface area contributed by atoms with Crippen LogP contribution in [-0.4, -0.2) is 29.6 Å². The largest absolute Gasteiger partial charge is 0.399 e. The summed E-state index contributed by atoms with van der Waals surface area (Å²) in [5.41, 5.74) is 10.4. The second kappa shape index (κ2) is 7.83. The Hall–Kier alpha value is -2.47. The van der Waals surface area contributed by atoms with Crippen molar-refractivity contribution in [2.45, 2.75) is 31.2 Å². The molecule has 6 heteroatoms. The van der Waals surface area contributed by atoms with E-state index in [9.17, 15) is 4.79 Å². The molecule has 2 aromatic carbocycles. The summed E-state index contributed by atoms with van der Waals surface area (Å²) in [7, 11) is 0. The molecule has 0 bridgehead atoms. The molecule has 136 valence electrons. The highest BCUT2D eigenvalue weighted by Crippen LogP contribution is 2.34. The first-order valence-electron chi connectivity index (χ1n) is 8.75. The molecular weight excluding hydrogens is 344 g/mol. The number of hydrazone groups is 1. The van der Waals surface area contributed by atoms with E-state index < -0.39 is 0 Å². The van der Waals surface area contributed by atoms with Gasteiger partial charge in [-0.1, -0.05) is 25.1 Å². The van der Waals surface area contributed by atoms with E-state index >= 15 is 0 Å². The lowest BCUT2D eigenvalue weighted by Crippen LogP contribution is -2.41. The van der Waals surface area contributed by atoms with Crippen molar-refractivity contribution in [2.24, 2.45) is 5.10 Å². The Morgan fingerprint density at radius 1 is 1.27 bits per heavy atom. The van der Waals surface area contributed by atoms with Gasteiger partial charge in [0, 0.05) is 28.3 Å². The quantitative estimate of drug-likeness (QED) is 0.626. The molecule has 0 saturated carbocycles. The summed E-state index contributed by atoms with van der Waals surface area (Å²) < 4.78 is 0. The van der Waals surface area contributed by atoms with Crippen LogP contribution in [0.5, 0.6) is 0 Å². The van der Waals surface area contributed by atoms with Gasteiger partial charge in [-0.25, -0.2) is 9.80 Å². The van der Waals surface area contributed by atoms with E-state index in [1.807, 2.05) is 38.1 Å². The van der Waals surface area contributed by atoms with Crippen LogP contribution in [0.1, 0.15) is 43.0 Å². The van der Waals surface area contributed by atoms with Crippen molar-refractivity contribution in [3.8, 4) is 0 Å². The van der Waals surface area contributed by atoms with Crippen LogP contribution >= 0.6 is 11.8 Å². The Labute approximate surface area is 158 Å². The number of urea groups is 1. The molecule has 3 rings (SSSR count). The average Bonchev–Trinajstić information content (AvgIpc) is 2.67. The minimum absolute atomic E-state index is 0.129. The van der Waals surface area contributed by atoms with Crippen LogP contribution in [0, 0.1) is 0 Å². The summed E-state index contributed by atoms with van der Waals surface area (Å²) in [6.45, 7) is 4.67. The van der Waals surface area contributed by atoms with Gasteiger partial charge in [-0.2, -0.15) is 5.10 Å². The number of nitrogens with one attached hydrogen (secondary N) is 1. The molecule has 0 radical (unpaired) electrons. The van der Waals surface area contributed by atoms with E-state index in [-0.39, 0.29) is 12.1 Å². The van der Waals surface area contributed by atoms with Crippen molar-refractivity contribution in [1.82, 2.24) is 10.3 Å². The van der Waals surface area contributed by atoms with E-state index in [2.05, 4.69) is 29.8 Å². The fourth-order valence-corrected chi connectivity index (χ4v) is 3.44. The fraction of sp³-hybridized carbons (Fsp3) is 0.300. The smallest absolute Gasteiger partial charge is 0.338 e. The van der Waals surface area contributed by atoms with Gasteiger partial charge in [0.15, 0.2) is 0 Å². The van der Waals surface area contributed by atoms with E-state index in [1.165, 1.54) is 4.90 Å². The monoisotopic (exact) mass is 368 g/mol. The molecule has 1 heterocycles. The van der Waals surface area contributed by atoms with Crippen molar-refractivity contribution in [3.05, 3.63) is 59.2 Å². The Bertz CT molecular complexity index is 832. The lowest BCUT2D eigenvalue weighted by Gasteiger charge is -2.32. The van der Waals surface area contributed by atoms with Gasteiger partial charge < -0.3 is 11.1 Å². The van der Waals surface area contributed by atoms with Gasteiger partial charge in [-0.05, 0) is 49.4 Å². The molecule has 3 N–H and O–H groups in total. The number of amides is 2. The number of nitrogens with two attached hydrogens (primary N) is 1. The minimum atomic E-state index is -0.174. The zero-order valence-corrected chi connectivity index (χ0v) is 16.1. The first kappa shape index (κ1) is 18.3. The number of carbonyl (C=O) groups excluding carboxylic acids is 1. The van der Waals surface area contributed by atoms with E-state index in [4.69, 9.17) is 10.8 Å². The highest BCUT2D eigenvalue weighted by molar-refractivity contribution is 7.98. The first-order chi connectivity index (χ1) is 12.5. The molecule has 0 aromatic heterocycles. The number of fused-ring (bicyclic) bond motifs is 1. The number of nitrogen functional groups attached to an aromatic ring is 1. The van der Waals surface area contributed by atoms with Gasteiger partial charge in [-0.3, -0.25) is 0 Å². The number of rotatable bonds is 4. The van der Waals surface area contributed by atoms with Crippen molar-refractivity contribution in [2.75, 3.05) is 18.5 Å². The Morgan fingerprint density at radius 2 is 2.00 bits per heavy atom. The standard InChI is InChI=1S/C20H24N4OS/c1-4-11-22-20(25)24-13(2)17-10-9-16(26-3)12-18(17)19(23-24)14-5-7-15(21)8-6-14/h5-10,12-13H,4,11,21H2,1-3H3,(H,22,25). The maximum atomic E-state index is 12.6. The van der Waals surface area contributed by atoms with E-state index in [1.54, 1.807) is 16.8 Å². The molecular formula is C20H24N4OS. The third-order valence-electron chi connectivity index (χ3n) is 4.46. The summed E-state index contributed by atoms with van der Waals surface area (Å²) in [5, 5.41) is 9.19. The zero-order chi connectivity index (χ0) is 18.7. The summed E-state index contributed by atoms with van der Waals surface area (Å²) >= 11 is 1.69. The molecule has 1 unspecified atom stereocenters. The Balaban J connectivity index is 2.10. The number of carbonyl (C=O) groups is 1. The Morgan fingerprint density at radius 3 is 2.65 bits per heavy atom. The molecule has 0 spiro atoms. The van der Waals surface area contributed by atoms with Crippen LogP contribution in [0.25, 0.3) is 0 Å². The fourth-order valence-electron chi connectivity index (χ4n) is 3.00. The van der Waals surface area contributed by atoms with Gasteiger partial charge in [0.2, 0.25) is 0 Å². The van der Waals surface area contributed by atoms with Crippen molar-refractivity contribution in [3.63, 3.8) is 0 Å². The van der Waals surface area contributed by atoms with Gasteiger partial charge in [0.25, 0.3) is 0 Å². The second-order valence-electron chi connectivity index (χ2n) is 6.28. The molecule has 1 atom stereocenters. The van der Waals surface area contributed by atoms with Crippen LogP contribution in [0.4, 0.5) is 10.5 Å². The van der Waals surface area contributed by atoms with Gasteiger partial charge in [-0.15, -0.1) is 11.8 Å². The normalized spacial score (nSPS) is 16.0. The summed E-state index contributed by atoms with van der Waals surface area (Å²) in [4.78, 5) is 13.8. The topological polar surface area (TPSA) is 70.7 Å². The molecule has 2 amide bonds. The third-order valence-corrected chi connectivity index (χ3v) is 5.18. The number of benzene rings is 2. The average molecular weight is 369 g/mol. The number of hydrogen-bond donors (Lipinski definition) is 2. The number of hydrogen-bond acceptors (Lipinski definition) is 4. The molecule has 26 heavy (non-hydrogen) atoms. The van der Waals surface area contributed by atoms with E-state index in [0.717, 1.165) is 28.8 Å². The van der Waals surface area contributed by atoms with Crippen LogP contribution in [-0.2, 0) is 0 Å². The van der Waals surface area contributed by atoms with E-state index in [0.29, 0.717) is 12.2 Å². The maximum Gasteiger partial charge on any atom is 0.338 e. The molecule has 1 aliphatic rings. The van der Waals surface area contributed by atoms with Crippen molar-refractivity contribution in [1.29, 1.82) is 0 Å². The lowest BCUT2D eigenvalue weighted by atomic mass is 9.92. The molecule has 0 aliphatic carbocycles. The molecule has 5 nitrogen and oxygen atoms in total. The number of thioether (sulfide) groups is 1. The van der Waals surface area contributed by atoms with Crippen molar-refractivity contribution < 1.29 is 4.79 Å².